The quantitative estimate of drug-likeness (QED) is 0.566. The Morgan fingerprint density at radius 1 is 1.36 bits per heavy atom. The van der Waals surface area contributed by atoms with E-state index >= 15 is 0 Å². The summed E-state index contributed by atoms with van der Waals surface area (Å²) in [6, 6.07) is 5.00. The lowest BCUT2D eigenvalue weighted by atomic mass is 10.0. The number of carbonyl (C=O) groups excluding carboxylic acids is 2. The first-order valence-corrected chi connectivity index (χ1v) is 7.24. The maximum Gasteiger partial charge on any atom is 0.247 e. The van der Waals surface area contributed by atoms with Crippen LogP contribution in [0.2, 0.25) is 10.0 Å². The van der Waals surface area contributed by atoms with Gasteiger partial charge in [-0.05, 0) is 24.1 Å². The monoisotopic (exact) mass is 340 g/mol. The highest BCUT2D eigenvalue weighted by molar-refractivity contribution is 6.42. The highest BCUT2D eigenvalue weighted by atomic mass is 35.5. The number of hydrogen-bond acceptors (Lipinski definition) is 4. The summed E-state index contributed by atoms with van der Waals surface area (Å²) in [6.07, 6.45) is 1.99. The van der Waals surface area contributed by atoms with Crippen molar-refractivity contribution in [1.82, 2.24) is 16.3 Å². The SMILES string of the molecule is C=C1NNC(=O)C1CCC(=O)NN=Cc1ccc(Cl)c(Cl)c1. The van der Waals surface area contributed by atoms with E-state index in [1.165, 1.54) is 6.21 Å². The van der Waals surface area contributed by atoms with Crippen molar-refractivity contribution >= 4 is 41.2 Å². The van der Waals surface area contributed by atoms with Crippen molar-refractivity contribution in [2.45, 2.75) is 12.8 Å². The second-order valence-corrected chi connectivity index (χ2v) is 5.51. The summed E-state index contributed by atoms with van der Waals surface area (Å²) in [5.74, 6) is -0.870. The summed E-state index contributed by atoms with van der Waals surface area (Å²) in [6.45, 7) is 3.70. The predicted molar refractivity (Wildman–Crippen MR) is 85.3 cm³/mol. The Bertz CT molecular complexity index is 630. The van der Waals surface area contributed by atoms with E-state index in [0.717, 1.165) is 0 Å². The molecule has 1 heterocycles. The molecule has 0 bridgehead atoms. The number of nitrogens with zero attached hydrogens (tertiary/aromatic N) is 1. The molecule has 1 aliphatic heterocycles. The van der Waals surface area contributed by atoms with Gasteiger partial charge in [-0.1, -0.05) is 35.8 Å². The molecule has 8 heteroatoms. The summed E-state index contributed by atoms with van der Waals surface area (Å²) in [7, 11) is 0. The van der Waals surface area contributed by atoms with Crippen LogP contribution in [-0.2, 0) is 9.59 Å². The van der Waals surface area contributed by atoms with Gasteiger partial charge in [0.1, 0.15) is 0 Å². The third-order valence-electron chi connectivity index (χ3n) is 3.09. The maximum absolute atomic E-state index is 11.7. The van der Waals surface area contributed by atoms with Crippen LogP contribution in [0.25, 0.3) is 0 Å². The third kappa shape index (κ3) is 4.22. The molecular weight excluding hydrogens is 327 g/mol. The number of amides is 2. The van der Waals surface area contributed by atoms with Gasteiger partial charge in [0.25, 0.3) is 0 Å². The fraction of sp³-hybridized carbons (Fsp3) is 0.214. The number of hydrazone groups is 1. The number of nitrogens with one attached hydrogen (secondary N) is 3. The molecule has 22 heavy (non-hydrogen) atoms. The fourth-order valence-electron chi connectivity index (χ4n) is 1.88. The minimum atomic E-state index is -0.398. The van der Waals surface area contributed by atoms with Gasteiger partial charge in [-0.3, -0.25) is 15.0 Å². The second-order valence-electron chi connectivity index (χ2n) is 4.70. The predicted octanol–water partition coefficient (Wildman–Crippen LogP) is 1.99. The zero-order valence-corrected chi connectivity index (χ0v) is 13.0. The lowest BCUT2D eigenvalue weighted by Crippen LogP contribution is -2.26. The first-order valence-electron chi connectivity index (χ1n) is 6.49. The normalized spacial score (nSPS) is 17.5. The number of halogens is 2. The Kier molecular flexibility index (Phi) is 5.41. The molecule has 1 aromatic rings. The number of carbonyl (C=O) groups is 2. The van der Waals surface area contributed by atoms with Crippen LogP contribution >= 0.6 is 23.2 Å². The van der Waals surface area contributed by atoms with Gasteiger partial charge in [-0.15, -0.1) is 0 Å². The van der Waals surface area contributed by atoms with Crippen LogP contribution in [0.1, 0.15) is 18.4 Å². The Hall–Kier alpha value is -2.05. The molecule has 3 N–H and O–H groups in total. The van der Waals surface area contributed by atoms with Crippen LogP contribution < -0.4 is 16.3 Å². The zero-order valence-electron chi connectivity index (χ0n) is 11.5. The molecule has 0 saturated carbocycles. The summed E-state index contributed by atoms with van der Waals surface area (Å²) >= 11 is 11.7. The molecule has 1 atom stereocenters. The van der Waals surface area contributed by atoms with Gasteiger partial charge in [-0.25, -0.2) is 5.43 Å². The minimum Gasteiger partial charge on any atom is -0.303 e. The fourth-order valence-corrected chi connectivity index (χ4v) is 2.19. The smallest absolute Gasteiger partial charge is 0.247 e. The number of hydrogen-bond donors (Lipinski definition) is 3. The Morgan fingerprint density at radius 2 is 2.14 bits per heavy atom. The molecule has 116 valence electrons. The highest BCUT2D eigenvalue weighted by Crippen LogP contribution is 2.21. The lowest BCUT2D eigenvalue weighted by Gasteiger charge is -2.05. The van der Waals surface area contributed by atoms with Gasteiger partial charge in [-0.2, -0.15) is 5.10 Å². The molecule has 0 aliphatic carbocycles. The molecule has 2 rings (SSSR count). The van der Waals surface area contributed by atoms with Gasteiger partial charge in [0.15, 0.2) is 0 Å². The molecular formula is C14H14Cl2N4O2. The van der Waals surface area contributed by atoms with E-state index in [9.17, 15) is 9.59 Å². The van der Waals surface area contributed by atoms with Gasteiger partial charge in [0.2, 0.25) is 11.8 Å². The Morgan fingerprint density at radius 3 is 2.77 bits per heavy atom. The molecule has 1 saturated heterocycles. The standard InChI is InChI=1S/C14H14Cl2N4O2/c1-8-10(14(22)20-18-8)3-5-13(21)19-17-7-9-2-4-11(15)12(16)6-9/h2,4,6-7,10,18H,1,3,5H2,(H,19,21)(H,20,22). The second kappa shape index (κ2) is 7.29. The minimum absolute atomic E-state index is 0.164. The Labute approximate surface area is 137 Å². The summed E-state index contributed by atoms with van der Waals surface area (Å²) < 4.78 is 0. The zero-order chi connectivity index (χ0) is 16.1. The maximum atomic E-state index is 11.7. The van der Waals surface area contributed by atoms with E-state index in [-0.39, 0.29) is 18.2 Å². The molecule has 1 aromatic carbocycles. The van der Waals surface area contributed by atoms with Crippen molar-refractivity contribution in [2.24, 2.45) is 11.0 Å². The molecule has 1 fully saturated rings. The van der Waals surface area contributed by atoms with Gasteiger partial charge in [0.05, 0.1) is 22.2 Å². The number of hydrazine groups is 1. The molecule has 2 amide bonds. The van der Waals surface area contributed by atoms with Crippen molar-refractivity contribution in [3.8, 4) is 0 Å². The lowest BCUT2D eigenvalue weighted by molar-refractivity contribution is -0.123. The van der Waals surface area contributed by atoms with Crippen molar-refractivity contribution in [1.29, 1.82) is 0 Å². The van der Waals surface area contributed by atoms with Crippen LogP contribution in [0.4, 0.5) is 0 Å². The molecule has 6 nitrogen and oxygen atoms in total. The van der Waals surface area contributed by atoms with Crippen molar-refractivity contribution < 1.29 is 9.59 Å². The van der Waals surface area contributed by atoms with E-state index in [4.69, 9.17) is 23.2 Å². The van der Waals surface area contributed by atoms with Gasteiger partial charge in [0, 0.05) is 12.1 Å². The topological polar surface area (TPSA) is 82.6 Å². The van der Waals surface area contributed by atoms with Crippen molar-refractivity contribution in [3.63, 3.8) is 0 Å². The third-order valence-corrected chi connectivity index (χ3v) is 3.83. The van der Waals surface area contributed by atoms with Crippen LogP contribution in [0.5, 0.6) is 0 Å². The van der Waals surface area contributed by atoms with E-state index in [1.54, 1.807) is 18.2 Å². The first-order chi connectivity index (χ1) is 10.5. The average molecular weight is 341 g/mol. The van der Waals surface area contributed by atoms with Crippen molar-refractivity contribution in [2.75, 3.05) is 0 Å². The number of benzene rings is 1. The van der Waals surface area contributed by atoms with E-state index in [1.807, 2.05) is 0 Å². The van der Waals surface area contributed by atoms with E-state index in [0.29, 0.717) is 27.7 Å². The van der Waals surface area contributed by atoms with Crippen LogP contribution in [0.3, 0.4) is 0 Å². The highest BCUT2D eigenvalue weighted by Gasteiger charge is 2.27. The van der Waals surface area contributed by atoms with E-state index < -0.39 is 5.92 Å². The van der Waals surface area contributed by atoms with Gasteiger partial charge >= 0.3 is 0 Å². The first kappa shape index (κ1) is 16.3. The molecule has 1 unspecified atom stereocenters. The molecule has 0 spiro atoms. The van der Waals surface area contributed by atoms with Crippen molar-refractivity contribution in [3.05, 3.63) is 46.1 Å². The molecule has 1 aliphatic rings. The summed E-state index contributed by atoms with van der Waals surface area (Å²) in [5, 5.41) is 4.69. The van der Waals surface area contributed by atoms with E-state index in [2.05, 4.69) is 28.0 Å². The van der Waals surface area contributed by atoms with Crippen LogP contribution in [-0.4, -0.2) is 18.0 Å². The Balaban J connectivity index is 1.80. The average Bonchev–Trinajstić information content (AvgIpc) is 2.80. The van der Waals surface area contributed by atoms with Crippen LogP contribution in [0, 0.1) is 5.92 Å². The van der Waals surface area contributed by atoms with Gasteiger partial charge < -0.3 is 5.43 Å². The molecule has 0 aromatic heterocycles. The largest absolute Gasteiger partial charge is 0.303 e. The number of rotatable bonds is 5. The summed E-state index contributed by atoms with van der Waals surface area (Å²) in [4.78, 5) is 23.1. The van der Waals surface area contributed by atoms with Crippen LogP contribution in [0.15, 0.2) is 35.6 Å². The molecule has 0 radical (unpaired) electrons. The summed E-state index contributed by atoms with van der Waals surface area (Å²) in [5.41, 5.74) is 8.75.